The maximum absolute atomic E-state index is 11.6. The average Bonchev–Trinajstić information content (AvgIpc) is 2.36. The van der Waals surface area contributed by atoms with E-state index in [0.717, 1.165) is 0 Å². The van der Waals surface area contributed by atoms with Crippen LogP contribution in [0.15, 0.2) is 0 Å². The van der Waals surface area contributed by atoms with Crippen LogP contribution in [0.3, 0.4) is 0 Å². The Hall–Kier alpha value is -0.0800. The molecule has 0 amide bonds. The van der Waals surface area contributed by atoms with Crippen LogP contribution in [0, 0.1) is 0 Å². The summed E-state index contributed by atoms with van der Waals surface area (Å²) in [5.41, 5.74) is 0. The summed E-state index contributed by atoms with van der Waals surface area (Å²) < 4.78 is 43.2. The van der Waals surface area contributed by atoms with Crippen molar-refractivity contribution >= 4 is 29.3 Å². The van der Waals surface area contributed by atoms with Crippen LogP contribution in [0.25, 0.3) is 0 Å². The summed E-state index contributed by atoms with van der Waals surface area (Å²) >= 11 is 0. The van der Waals surface area contributed by atoms with E-state index in [0.29, 0.717) is 0 Å². The lowest BCUT2D eigenvalue weighted by Crippen LogP contribution is -2.46. The number of aliphatic hydroxyl groups is 2. The molecule has 0 aromatic rings. The number of rotatable bonds is 11. The van der Waals surface area contributed by atoms with Crippen molar-refractivity contribution in [3.63, 3.8) is 0 Å². The highest BCUT2D eigenvalue weighted by Gasteiger charge is 2.39. The molecule has 0 aliphatic rings. The molecule has 24 heavy (non-hydrogen) atoms. The highest BCUT2D eigenvalue weighted by molar-refractivity contribution is 7.46. The predicted octanol–water partition coefficient (Wildman–Crippen LogP) is -3.03. The van der Waals surface area contributed by atoms with Crippen molar-refractivity contribution < 1.29 is 71.6 Å². The number of hydrogen-bond acceptors (Lipinski definition) is 9. The van der Waals surface area contributed by atoms with E-state index in [-0.39, 0.29) is 0 Å². The molecule has 15 nitrogen and oxygen atoms in total. The van der Waals surface area contributed by atoms with Gasteiger partial charge in [0.1, 0.15) is 18.8 Å². The molecule has 0 aliphatic carbocycles. The Bertz CT molecular complexity index is 556. The summed E-state index contributed by atoms with van der Waals surface area (Å²) in [5, 5.41) is 19.0. The molecule has 18 heteroatoms. The topological polar surface area (TPSA) is 258 Å². The van der Waals surface area contributed by atoms with Gasteiger partial charge in [0.05, 0.1) is 6.61 Å². The quantitative estimate of drug-likeness (QED) is 0.155. The van der Waals surface area contributed by atoms with Crippen molar-refractivity contribution in [2.75, 3.05) is 13.2 Å². The van der Waals surface area contributed by atoms with Crippen molar-refractivity contribution in [2.24, 2.45) is 0 Å². The van der Waals surface area contributed by atoms with Gasteiger partial charge >= 0.3 is 23.5 Å². The second kappa shape index (κ2) is 9.03. The van der Waals surface area contributed by atoms with E-state index in [9.17, 15) is 28.7 Å². The minimum absolute atomic E-state index is 1.26. The Kier molecular flexibility index (Phi) is 9.00. The molecule has 0 aliphatic heterocycles. The zero-order valence-electron chi connectivity index (χ0n) is 11.4. The first-order chi connectivity index (χ1) is 10.5. The van der Waals surface area contributed by atoms with Crippen LogP contribution in [-0.4, -0.2) is 76.9 Å². The van der Waals surface area contributed by atoms with Crippen molar-refractivity contribution in [3.05, 3.63) is 0 Å². The van der Waals surface area contributed by atoms with Gasteiger partial charge < -0.3 is 39.6 Å². The maximum atomic E-state index is 11.6. The largest absolute Gasteiger partial charge is 0.470 e. The van der Waals surface area contributed by atoms with Gasteiger partial charge in [0.25, 0.3) is 0 Å². The van der Waals surface area contributed by atoms with Crippen LogP contribution in [0.2, 0.25) is 0 Å². The molecular formula is C6H15O15P3. The molecule has 0 bridgehead atoms. The zero-order valence-corrected chi connectivity index (χ0v) is 14.1. The van der Waals surface area contributed by atoms with Crippen molar-refractivity contribution in [1.29, 1.82) is 0 Å². The summed E-state index contributed by atoms with van der Waals surface area (Å²) in [5.74, 6) is -1.59. The third-order valence-corrected chi connectivity index (χ3v) is 3.51. The van der Waals surface area contributed by atoms with Crippen molar-refractivity contribution in [2.45, 2.75) is 18.3 Å². The molecular weight excluding hydrogens is 405 g/mol. The molecule has 0 aromatic carbocycles. The Morgan fingerprint density at radius 2 is 1.29 bits per heavy atom. The molecule has 0 radical (unpaired) electrons. The first kappa shape index (κ1) is 23.9. The Labute approximate surface area is 133 Å². The molecule has 0 unspecified atom stereocenters. The number of carbonyl (C=O) groups is 1. The van der Waals surface area contributed by atoms with Gasteiger partial charge in [0.15, 0.2) is 11.9 Å². The minimum atomic E-state index is -5.42. The van der Waals surface area contributed by atoms with E-state index >= 15 is 0 Å². The van der Waals surface area contributed by atoms with Crippen LogP contribution < -0.4 is 0 Å². The van der Waals surface area contributed by atoms with Gasteiger partial charge in [0, 0.05) is 0 Å². The van der Waals surface area contributed by atoms with Gasteiger partial charge in [-0.05, 0) is 0 Å². The van der Waals surface area contributed by atoms with Gasteiger partial charge in [-0.15, -0.1) is 0 Å². The smallest absolute Gasteiger partial charge is 0.388 e. The average molecular weight is 420 g/mol. The number of aliphatic hydroxyl groups excluding tert-OH is 2. The first-order valence-corrected chi connectivity index (χ1v) is 10.1. The highest BCUT2D eigenvalue weighted by Crippen LogP contribution is 2.40. The van der Waals surface area contributed by atoms with E-state index < -0.39 is 60.8 Å². The third kappa shape index (κ3) is 11.5. The Morgan fingerprint density at radius 1 is 0.833 bits per heavy atom. The molecule has 0 fully saturated rings. The highest BCUT2D eigenvalue weighted by atomic mass is 31.2. The number of ketones is 1. The number of hydrogen-bond donors (Lipinski definition) is 8. The predicted molar refractivity (Wildman–Crippen MR) is 69.9 cm³/mol. The molecule has 0 aromatic heterocycles. The molecule has 3 atom stereocenters. The summed E-state index contributed by atoms with van der Waals surface area (Å²) in [7, 11) is -15.6. The molecule has 0 heterocycles. The monoisotopic (exact) mass is 420 g/mol. The summed E-state index contributed by atoms with van der Waals surface area (Å²) in [6.07, 6.45) is -7.31. The summed E-state index contributed by atoms with van der Waals surface area (Å²) in [6, 6.07) is 0. The standard InChI is InChI=1S/C6H15O15P3/c7-3(1-19-22(10,11)12)5(9)6(21-24(16,17)18)4(8)2-20-23(13,14)15/h3,5-7,9H,1-2H2,(H2,10,11,12)(H2,13,14,15)(H2,16,17,18)/t3-,5-,6-/m1/s1. The van der Waals surface area contributed by atoms with Crippen molar-refractivity contribution in [1.82, 2.24) is 0 Å². The van der Waals surface area contributed by atoms with Gasteiger partial charge in [-0.2, -0.15) is 0 Å². The van der Waals surface area contributed by atoms with Crippen molar-refractivity contribution in [3.8, 4) is 0 Å². The second-order valence-electron chi connectivity index (χ2n) is 4.09. The fourth-order valence-corrected chi connectivity index (χ4v) is 2.34. The van der Waals surface area contributed by atoms with E-state index in [1.807, 2.05) is 0 Å². The van der Waals surface area contributed by atoms with Crippen LogP contribution in [0.1, 0.15) is 0 Å². The molecule has 0 saturated carbocycles. The number of phosphoric acid groups is 3. The van der Waals surface area contributed by atoms with Gasteiger partial charge in [-0.3, -0.25) is 18.4 Å². The Morgan fingerprint density at radius 3 is 1.67 bits per heavy atom. The van der Waals surface area contributed by atoms with E-state index in [1.165, 1.54) is 0 Å². The van der Waals surface area contributed by atoms with Crippen LogP contribution in [0.5, 0.6) is 0 Å². The van der Waals surface area contributed by atoms with Crippen LogP contribution >= 0.6 is 23.5 Å². The number of carbonyl (C=O) groups excluding carboxylic acids is 1. The molecule has 8 N–H and O–H groups in total. The Balaban J connectivity index is 5.10. The third-order valence-electron chi connectivity index (χ3n) is 2.06. The molecule has 0 spiro atoms. The normalized spacial score (nSPS) is 17.3. The lowest BCUT2D eigenvalue weighted by atomic mass is 10.1. The maximum Gasteiger partial charge on any atom is 0.470 e. The van der Waals surface area contributed by atoms with Gasteiger partial charge in [-0.25, -0.2) is 13.7 Å². The number of Topliss-reactive ketones (excluding diaryl/α,β-unsaturated/α-hetero) is 1. The summed E-state index contributed by atoms with van der Waals surface area (Å²) in [6.45, 7) is -2.73. The van der Waals surface area contributed by atoms with E-state index in [2.05, 4.69) is 13.6 Å². The molecule has 0 rings (SSSR count). The van der Waals surface area contributed by atoms with E-state index in [4.69, 9.17) is 29.4 Å². The second-order valence-corrected chi connectivity index (χ2v) is 7.76. The SMILES string of the molecule is O=C(COP(=O)(O)O)[C@@H](OP(=O)(O)O)[C@H](O)[C@H](O)COP(=O)(O)O. The van der Waals surface area contributed by atoms with Crippen LogP contribution in [0.4, 0.5) is 0 Å². The lowest BCUT2D eigenvalue weighted by molar-refractivity contribution is -0.141. The van der Waals surface area contributed by atoms with E-state index in [1.54, 1.807) is 0 Å². The first-order valence-electron chi connectivity index (χ1n) is 5.55. The lowest BCUT2D eigenvalue weighted by Gasteiger charge is -2.25. The molecule has 0 saturated heterocycles. The number of phosphoric ester groups is 3. The van der Waals surface area contributed by atoms with Gasteiger partial charge in [0.2, 0.25) is 0 Å². The fourth-order valence-electron chi connectivity index (χ4n) is 1.16. The molecule has 144 valence electrons. The van der Waals surface area contributed by atoms with Crippen LogP contribution in [-0.2, 0) is 32.1 Å². The minimum Gasteiger partial charge on any atom is -0.388 e. The van der Waals surface area contributed by atoms with Gasteiger partial charge in [-0.1, -0.05) is 0 Å². The fraction of sp³-hybridized carbons (Fsp3) is 0.833. The zero-order chi connectivity index (χ0) is 19.3. The summed E-state index contributed by atoms with van der Waals surface area (Å²) in [4.78, 5) is 62.6.